The third-order valence-corrected chi connectivity index (χ3v) is 12.1. The Hall–Kier alpha value is -7.44. The van der Waals surface area contributed by atoms with Crippen LogP contribution in [0.1, 0.15) is 5.56 Å². The Kier molecular flexibility index (Phi) is 6.82. The van der Waals surface area contributed by atoms with Crippen LogP contribution in [0.15, 0.2) is 170 Å². The van der Waals surface area contributed by atoms with Gasteiger partial charge in [-0.15, -0.1) is 11.3 Å². The summed E-state index contributed by atoms with van der Waals surface area (Å²) in [6.45, 7) is 7.82. The first-order chi connectivity index (χ1) is 27.2. The summed E-state index contributed by atoms with van der Waals surface area (Å²) in [5.41, 5.74) is 12.3. The van der Waals surface area contributed by atoms with Crippen molar-refractivity contribution in [3.05, 3.63) is 187 Å². The van der Waals surface area contributed by atoms with E-state index in [-0.39, 0.29) is 0 Å². The topological polar surface area (TPSA) is 38.0 Å². The van der Waals surface area contributed by atoms with Crippen molar-refractivity contribution >= 4 is 80.8 Å². The van der Waals surface area contributed by atoms with E-state index in [9.17, 15) is 5.26 Å². The standard InChI is InChI=1S/C50H28N4S/c1-52-34-21-23-45-42(29-34)49-46(24-25-48-50(49)40-17-5-7-19-47(40)55-48)54(45)36-13-9-11-33(28-36)38-15-3-2-14-37(38)32-10-8-12-35(27-32)53-43-18-6-4-16-39(43)41-26-31(30-51)20-22-44(41)53/h2-29H. The van der Waals surface area contributed by atoms with Gasteiger partial charge in [0.2, 0.25) is 0 Å². The van der Waals surface area contributed by atoms with Crippen LogP contribution in [-0.4, -0.2) is 9.13 Å². The van der Waals surface area contributed by atoms with E-state index < -0.39 is 0 Å². The van der Waals surface area contributed by atoms with Gasteiger partial charge in [0.05, 0.1) is 40.3 Å². The maximum Gasteiger partial charge on any atom is 0.188 e. The van der Waals surface area contributed by atoms with Crippen LogP contribution in [0.3, 0.4) is 0 Å². The lowest BCUT2D eigenvalue weighted by atomic mass is 9.94. The van der Waals surface area contributed by atoms with E-state index in [1.54, 1.807) is 0 Å². The van der Waals surface area contributed by atoms with Crippen molar-refractivity contribution in [2.45, 2.75) is 0 Å². The summed E-state index contributed by atoms with van der Waals surface area (Å²) in [6, 6.07) is 62.1. The summed E-state index contributed by atoms with van der Waals surface area (Å²) in [4.78, 5) is 3.82. The summed E-state index contributed by atoms with van der Waals surface area (Å²) in [6.07, 6.45) is 0. The average molecular weight is 717 g/mol. The van der Waals surface area contributed by atoms with E-state index in [0.717, 1.165) is 71.9 Å². The minimum Gasteiger partial charge on any atom is -0.309 e. The lowest BCUT2D eigenvalue weighted by molar-refractivity contribution is 1.18. The molecule has 11 rings (SSSR count). The van der Waals surface area contributed by atoms with Gasteiger partial charge in [-0.05, 0) is 107 Å². The Balaban J connectivity index is 1.09. The van der Waals surface area contributed by atoms with Crippen molar-refractivity contribution in [3.63, 3.8) is 0 Å². The number of benzene rings is 8. The molecule has 3 aromatic heterocycles. The lowest BCUT2D eigenvalue weighted by Gasteiger charge is -2.15. The van der Waals surface area contributed by atoms with E-state index in [1.807, 2.05) is 29.5 Å². The fraction of sp³-hybridized carbons (Fsp3) is 0. The minimum atomic E-state index is 0.640. The van der Waals surface area contributed by atoms with Crippen molar-refractivity contribution in [1.29, 1.82) is 5.26 Å². The summed E-state index contributed by atoms with van der Waals surface area (Å²) < 4.78 is 7.17. The monoisotopic (exact) mass is 716 g/mol. The number of hydrogen-bond donors (Lipinski definition) is 0. The maximum atomic E-state index is 9.66. The van der Waals surface area contributed by atoms with Crippen molar-refractivity contribution in [2.24, 2.45) is 0 Å². The molecule has 0 aliphatic carbocycles. The molecule has 4 nitrogen and oxygen atoms in total. The van der Waals surface area contributed by atoms with Crippen LogP contribution in [0.4, 0.5) is 5.69 Å². The molecule has 0 unspecified atom stereocenters. The number of aromatic nitrogens is 2. The molecule has 0 spiro atoms. The lowest BCUT2D eigenvalue weighted by Crippen LogP contribution is -1.96. The van der Waals surface area contributed by atoms with Crippen LogP contribution in [0.25, 0.3) is 102 Å². The molecule has 0 saturated heterocycles. The summed E-state index contributed by atoms with van der Waals surface area (Å²) in [5, 5.41) is 16.6. The average Bonchev–Trinajstić information content (AvgIpc) is 3.90. The fourth-order valence-electron chi connectivity index (χ4n) is 8.59. The van der Waals surface area contributed by atoms with E-state index in [0.29, 0.717) is 11.3 Å². The van der Waals surface area contributed by atoms with E-state index in [2.05, 4.69) is 172 Å². The van der Waals surface area contributed by atoms with Gasteiger partial charge in [0, 0.05) is 47.7 Å². The second kappa shape index (κ2) is 12.0. The zero-order valence-electron chi connectivity index (χ0n) is 29.4. The minimum absolute atomic E-state index is 0.640. The van der Waals surface area contributed by atoms with Gasteiger partial charge in [0.1, 0.15) is 0 Å². The van der Waals surface area contributed by atoms with Gasteiger partial charge in [-0.25, -0.2) is 4.85 Å². The zero-order valence-corrected chi connectivity index (χ0v) is 30.2. The quantitative estimate of drug-likeness (QED) is 0.167. The number of thiophene rings is 1. The molecule has 0 fully saturated rings. The summed E-state index contributed by atoms with van der Waals surface area (Å²) in [5.74, 6) is 0. The predicted molar refractivity (Wildman–Crippen MR) is 230 cm³/mol. The Labute approximate surface area is 320 Å². The van der Waals surface area contributed by atoms with E-state index in [1.165, 1.54) is 25.6 Å². The molecular weight excluding hydrogens is 689 g/mol. The first kappa shape index (κ1) is 31.1. The highest BCUT2D eigenvalue weighted by Crippen LogP contribution is 2.45. The molecule has 0 amide bonds. The molecule has 55 heavy (non-hydrogen) atoms. The van der Waals surface area contributed by atoms with Crippen molar-refractivity contribution in [1.82, 2.24) is 9.13 Å². The smallest absolute Gasteiger partial charge is 0.188 e. The van der Waals surface area contributed by atoms with Crippen molar-refractivity contribution in [3.8, 4) is 39.7 Å². The molecule has 11 aromatic rings. The molecule has 5 heteroatoms. The third kappa shape index (κ3) is 4.68. The highest BCUT2D eigenvalue weighted by atomic mass is 32.1. The number of hydrogen-bond acceptors (Lipinski definition) is 2. The van der Waals surface area contributed by atoms with E-state index >= 15 is 0 Å². The molecule has 8 aromatic carbocycles. The molecular formula is C50H28N4S. The first-order valence-corrected chi connectivity index (χ1v) is 19.0. The van der Waals surface area contributed by atoms with Gasteiger partial charge >= 0.3 is 0 Å². The van der Waals surface area contributed by atoms with Crippen LogP contribution in [0.2, 0.25) is 0 Å². The maximum absolute atomic E-state index is 9.66. The van der Waals surface area contributed by atoms with Crippen LogP contribution in [0, 0.1) is 17.9 Å². The van der Waals surface area contributed by atoms with Gasteiger partial charge in [0.25, 0.3) is 0 Å². The molecule has 0 aliphatic heterocycles. The second-order valence-corrected chi connectivity index (χ2v) is 15.0. The van der Waals surface area contributed by atoms with E-state index in [4.69, 9.17) is 6.57 Å². The second-order valence-electron chi connectivity index (χ2n) is 13.9. The van der Waals surface area contributed by atoms with Crippen LogP contribution in [-0.2, 0) is 0 Å². The molecule has 0 radical (unpaired) electrons. The number of para-hydroxylation sites is 1. The molecule has 0 atom stereocenters. The highest BCUT2D eigenvalue weighted by Gasteiger charge is 2.19. The number of rotatable bonds is 4. The Morgan fingerprint density at radius 2 is 1.09 bits per heavy atom. The largest absolute Gasteiger partial charge is 0.309 e. The third-order valence-electron chi connectivity index (χ3n) is 10.9. The van der Waals surface area contributed by atoms with Gasteiger partial charge in [-0.3, -0.25) is 0 Å². The zero-order chi connectivity index (χ0) is 36.6. The Morgan fingerprint density at radius 3 is 1.84 bits per heavy atom. The molecule has 254 valence electrons. The normalized spacial score (nSPS) is 11.6. The predicted octanol–water partition coefficient (Wildman–Crippen LogP) is 14.0. The summed E-state index contributed by atoms with van der Waals surface area (Å²) in [7, 11) is 0. The van der Waals surface area contributed by atoms with Crippen LogP contribution in [0.5, 0.6) is 0 Å². The fourth-order valence-corrected chi connectivity index (χ4v) is 9.71. The van der Waals surface area contributed by atoms with Gasteiger partial charge < -0.3 is 9.13 Å². The molecule has 3 heterocycles. The Morgan fingerprint density at radius 1 is 0.473 bits per heavy atom. The first-order valence-electron chi connectivity index (χ1n) is 18.2. The van der Waals surface area contributed by atoms with Crippen molar-refractivity contribution in [2.75, 3.05) is 0 Å². The van der Waals surface area contributed by atoms with Gasteiger partial charge in [-0.2, -0.15) is 5.26 Å². The van der Waals surface area contributed by atoms with Gasteiger partial charge in [-0.1, -0.05) is 91.0 Å². The highest BCUT2D eigenvalue weighted by molar-refractivity contribution is 7.26. The Bertz CT molecular complexity index is 3470. The molecule has 0 aliphatic rings. The molecule has 0 saturated carbocycles. The van der Waals surface area contributed by atoms with Crippen LogP contribution >= 0.6 is 11.3 Å². The molecule has 0 bridgehead atoms. The van der Waals surface area contributed by atoms with Crippen LogP contribution < -0.4 is 0 Å². The van der Waals surface area contributed by atoms with Crippen molar-refractivity contribution < 1.29 is 0 Å². The summed E-state index contributed by atoms with van der Waals surface area (Å²) >= 11 is 1.82. The number of fused-ring (bicyclic) bond motifs is 10. The van der Waals surface area contributed by atoms with Gasteiger partial charge in [0.15, 0.2) is 5.69 Å². The number of nitriles is 1. The SMILES string of the molecule is [C-]#[N+]c1ccc2c(c1)c1c3c(ccc1n2-c1cccc(-c2ccccc2-c2cccc(-n4c5ccccc5c5cc(C#N)ccc54)c2)c1)sc1ccccc13. The molecule has 0 N–H and O–H groups in total. The number of nitrogens with zero attached hydrogens (tertiary/aromatic N) is 4.